The van der Waals surface area contributed by atoms with Gasteiger partial charge < -0.3 is 10.1 Å². The monoisotopic (exact) mass is 259 g/mol. The van der Waals surface area contributed by atoms with Crippen molar-refractivity contribution in [3.63, 3.8) is 0 Å². The van der Waals surface area contributed by atoms with Crippen LogP contribution in [0.3, 0.4) is 0 Å². The molecule has 1 aliphatic rings. The van der Waals surface area contributed by atoms with Crippen LogP contribution in [-0.4, -0.2) is 19.1 Å². The minimum Gasteiger partial charge on any atom is -0.484 e. The molecule has 1 amide bonds. The van der Waals surface area contributed by atoms with Crippen LogP contribution in [0.1, 0.15) is 31.2 Å². The van der Waals surface area contributed by atoms with E-state index < -0.39 is 0 Å². The summed E-state index contributed by atoms with van der Waals surface area (Å²) < 4.78 is 5.51. The van der Waals surface area contributed by atoms with Crippen molar-refractivity contribution in [2.45, 2.75) is 32.6 Å². The SMILES string of the molecule is Cc1ccccc1OCC(=O)NCC1=CCCCC1. The number of ether oxygens (including phenoxy) is 1. The second-order valence-corrected chi connectivity index (χ2v) is 4.94. The number of para-hydroxylation sites is 1. The maximum Gasteiger partial charge on any atom is 0.258 e. The third-order valence-electron chi connectivity index (χ3n) is 3.35. The minimum atomic E-state index is -0.0604. The van der Waals surface area contributed by atoms with Gasteiger partial charge in [-0.05, 0) is 44.2 Å². The number of hydrogen-bond donors (Lipinski definition) is 1. The Labute approximate surface area is 114 Å². The molecule has 1 aliphatic carbocycles. The molecule has 3 heteroatoms. The van der Waals surface area contributed by atoms with Gasteiger partial charge in [-0.15, -0.1) is 0 Å². The predicted octanol–water partition coefficient (Wildman–Crippen LogP) is 2.99. The summed E-state index contributed by atoms with van der Waals surface area (Å²) in [5.74, 6) is 0.712. The lowest BCUT2D eigenvalue weighted by Crippen LogP contribution is -2.30. The Morgan fingerprint density at radius 1 is 1.32 bits per heavy atom. The van der Waals surface area contributed by atoms with E-state index in [9.17, 15) is 4.79 Å². The third-order valence-corrected chi connectivity index (χ3v) is 3.35. The van der Waals surface area contributed by atoms with E-state index in [1.54, 1.807) is 0 Å². The average Bonchev–Trinajstić information content (AvgIpc) is 2.45. The molecule has 0 heterocycles. The van der Waals surface area contributed by atoms with Crippen LogP contribution in [0, 0.1) is 6.92 Å². The van der Waals surface area contributed by atoms with Crippen LogP contribution >= 0.6 is 0 Å². The first kappa shape index (κ1) is 13.7. The van der Waals surface area contributed by atoms with Gasteiger partial charge in [0, 0.05) is 6.54 Å². The van der Waals surface area contributed by atoms with Gasteiger partial charge in [0.2, 0.25) is 0 Å². The summed E-state index contributed by atoms with van der Waals surface area (Å²) in [6.45, 7) is 2.72. The number of benzene rings is 1. The van der Waals surface area contributed by atoms with E-state index in [-0.39, 0.29) is 12.5 Å². The molecule has 0 atom stereocenters. The zero-order chi connectivity index (χ0) is 13.5. The Morgan fingerprint density at radius 3 is 2.89 bits per heavy atom. The molecule has 0 bridgehead atoms. The predicted molar refractivity (Wildman–Crippen MR) is 76.2 cm³/mol. The number of hydrogen-bond acceptors (Lipinski definition) is 2. The number of rotatable bonds is 5. The van der Waals surface area contributed by atoms with Crippen LogP contribution in [0.5, 0.6) is 5.75 Å². The highest BCUT2D eigenvalue weighted by molar-refractivity contribution is 5.77. The summed E-state index contributed by atoms with van der Waals surface area (Å²) in [5.41, 5.74) is 2.39. The van der Waals surface area contributed by atoms with Gasteiger partial charge >= 0.3 is 0 Å². The Morgan fingerprint density at radius 2 is 2.16 bits per heavy atom. The smallest absolute Gasteiger partial charge is 0.258 e. The van der Waals surface area contributed by atoms with Crippen LogP contribution in [-0.2, 0) is 4.79 Å². The average molecular weight is 259 g/mol. The Kier molecular flexibility index (Phi) is 5.01. The van der Waals surface area contributed by atoms with E-state index in [2.05, 4.69) is 11.4 Å². The Bertz CT molecular complexity index is 466. The number of amides is 1. The molecule has 2 rings (SSSR count). The van der Waals surface area contributed by atoms with Gasteiger partial charge in [0.05, 0.1) is 0 Å². The quantitative estimate of drug-likeness (QED) is 0.826. The van der Waals surface area contributed by atoms with Crippen LogP contribution in [0.15, 0.2) is 35.9 Å². The van der Waals surface area contributed by atoms with Crippen molar-refractivity contribution in [3.8, 4) is 5.75 Å². The highest BCUT2D eigenvalue weighted by atomic mass is 16.5. The van der Waals surface area contributed by atoms with Gasteiger partial charge in [0.1, 0.15) is 5.75 Å². The number of allylic oxidation sites excluding steroid dienone is 1. The molecule has 0 aliphatic heterocycles. The van der Waals surface area contributed by atoms with Gasteiger partial charge in [-0.25, -0.2) is 0 Å². The normalized spacial score (nSPS) is 14.7. The van der Waals surface area contributed by atoms with Gasteiger partial charge in [0.25, 0.3) is 5.91 Å². The van der Waals surface area contributed by atoms with Crippen LogP contribution in [0.4, 0.5) is 0 Å². The summed E-state index contributed by atoms with van der Waals surface area (Å²) in [5, 5.41) is 2.91. The molecule has 1 N–H and O–H groups in total. The number of carbonyl (C=O) groups is 1. The maximum absolute atomic E-state index is 11.7. The highest BCUT2D eigenvalue weighted by Gasteiger charge is 2.07. The molecule has 3 nitrogen and oxygen atoms in total. The summed E-state index contributed by atoms with van der Waals surface area (Å²) in [6.07, 6.45) is 7.01. The first-order valence-electron chi connectivity index (χ1n) is 6.89. The van der Waals surface area contributed by atoms with Crippen molar-refractivity contribution < 1.29 is 9.53 Å². The highest BCUT2D eigenvalue weighted by Crippen LogP contribution is 2.17. The molecular weight excluding hydrogens is 238 g/mol. The zero-order valence-electron chi connectivity index (χ0n) is 11.4. The van der Waals surface area contributed by atoms with Gasteiger partial charge in [0.15, 0.2) is 6.61 Å². The fraction of sp³-hybridized carbons (Fsp3) is 0.438. The molecule has 0 saturated heterocycles. The van der Waals surface area contributed by atoms with E-state index >= 15 is 0 Å². The lowest BCUT2D eigenvalue weighted by molar-refractivity contribution is -0.122. The molecule has 0 fully saturated rings. The maximum atomic E-state index is 11.7. The van der Waals surface area contributed by atoms with Gasteiger partial charge in [-0.2, -0.15) is 0 Å². The summed E-state index contributed by atoms with van der Waals surface area (Å²) in [6, 6.07) is 7.72. The second-order valence-electron chi connectivity index (χ2n) is 4.94. The summed E-state index contributed by atoms with van der Waals surface area (Å²) >= 11 is 0. The topological polar surface area (TPSA) is 38.3 Å². The molecular formula is C16H21NO2. The zero-order valence-corrected chi connectivity index (χ0v) is 11.4. The molecule has 19 heavy (non-hydrogen) atoms. The lowest BCUT2D eigenvalue weighted by atomic mass is 10.00. The number of carbonyl (C=O) groups excluding carboxylic acids is 1. The molecule has 0 unspecified atom stereocenters. The largest absolute Gasteiger partial charge is 0.484 e. The molecule has 1 aromatic rings. The van der Waals surface area contributed by atoms with Crippen molar-refractivity contribution in [1.82, 2.24) is 5.32 Å². The lowest BCUT2D eigenvalue weighted by Gasteiger charge is -2.14. The molecule has 0 aromatic heterocycles. The van der Waals surface area contributed by atoms with E-state index in [0.29, 0.717) is 6.54 Å². The van der Waals surface area contributed by atoms with E-state index in [0.717, 1.165) is 24.2 Å². The van der Waals surface area contributed by atoms with E-state index in [4.69, 9.17) is 4.74 Å². The van der Waals surface area contributed by atoms with Gasteiger partial charge in [-0.1, -0.05) is 29.8 Å². The van der Waals surface area contributed by atoms with Crippen molar-refractivity contribution in [3.05, 3.63) is 41.5 Å². The van der Waals surface area contributed by atoms with Crippen molar-refractivity contribution in [2.24, 2.45) is 0 Å². The molecule has 0 radical (unpaired) electrons. The molecule has 0 saturated carbocycles. The van der Waals surface area contributed by atoms with E-state index in [1.165, 1.54) is 18.4 Å². The molecule has 1 aromatic carbocycles. The summed E-state index contributed by atoms with van der Waals surface area (Å²) in [7, 11) is 0. The van der Waals surface area contributed by atoms with E-state index in [1.807, 2.05) is 31.2 Å². The Hall–Kier alpha value is -1.77. The minimum absolute atomic E-state index is 0.0604. The van der Waals surface area contributed by atoms with Crippen molar-refractivity contribution >= 4 is 5.91 Å². The van der Waals surface area contributed by atoms with Crippen LogP contribution in [0.25, 0.3) is 0 Å². The van der Waals surface area contributed by atoms with Crippen molar-refractivity contribution in [1.29, 1.82) is 0 Å². The second kappa shape index (κ2) is 6.98. The third kappa shape index (κ3) is 4.43. The van der Waals surface area contributed by atoms with Crippen LogP contribution in [0.2, 0.25) is 0 Å². The van der Waals surface area contributed by atoms with Gasteiger partial charge in [-0.3, -0.25) is 4.79 Å². The standard InChI is InChI=1S/C16H21NO2/c1-13-7-5-6-10-15(13)19-12-16(18)17-11-14-8-3-2-4-9-14/h5-8,10H,2-4,9,11-12H2,1H3,(H,17,18). The fourth-order valence-corrected chi connectivity index (χ4v) is 2.19. The number of aryl methyl sites for hydroxylation is 1. The van der Waals surface area contributed by atoms with Crippen LogP contribution < -0.4 is 10.1 Å². The molecule has 0 spiro atoms. The first-order chi connectivity index (χ1) is 9.25. The first-order valence-corrected chi connectivity index (χ1v) is 6.89. The fourth-order valence-electron chi connectivity index (χ4n) is 2.19. The summed E-state index contributed by atoms with van der Waals surface area (Å²) in [4.78, 5) is 11.7. The molecule has 102 valence electrons. The number of nitrogens with one attached hydrogen (secondary N) is 1. The Balaban J connectivity index is 1.73. The van der Waals surface area contributed by atoms with Crippen molar-refractivity contribution in [2.75, 3.05) is 13.2 Å².